The lowest BCUT2D eigenvalue weighted by atomic mass is 9.91. The average molecular weight is 293 g/mol. The molecule has 4 heteroatoms. The van der Waals surface area contributed by atoms with Crippen molar-refractivity contribution in [1.29, 1.82) is 0 Å². The van der Waals surface area contributed by atoms with E-state index in [-0.39, 0.29) is 0 Å². The van der Waals surface area contributed by atoms with E-state index in [1.54, 1.807) is 4.68 Å². The van der Waals surface area contributed by atoms with Crippen LogP contribution in [0.3, 0.4) is 0 Å². The normalized spacial score (nSPS) is 14.2. The van der Waals surface area contributed by atoms with Crippen LogP contribution >= 0.6 is 11.6 Å². The molecule has 0 fully saturated rings. The molecule has 108 valence electrons. The molecule has 1 atom stereocenters. The first-order valence-corrected chi connectivity index (χ1v) is 7.27. The number of benzene rings is 1. The van der Waals surface area contributed by atoms with E-state index < -0.39 is 5.60 Å². The number of aliphatic hydroxyl groups is 1. The summed E-state index contributed by atoms with van der Waals surface area (Å²) in [5.74, 6) is 0. The standard InChI is InChI=1S/C16H21ClN2O/c1-4-13-15(17)14(19(3)18-13)11-16(2,20)10-12-8-6-5-7-9-12/h5-9,20H,4,10-11H2,1-3H3. The highest BCUT2D eigenvalue weighted by Gasteiger charge is 2.26. The molecule has 0 saturated carbocycles. The van der Waals surface area contributed by atoms with Gasteiger partial charge in [-0.25, -0.2) is 0 Å². The van der Waals surface area contributed by atoms with Gasteiger partial charge in [0.15, 0.2) is 0 Å². The summed E-state index contributed by atoms with van der Waals surface area (Å²) in [6, 6.07) is 9.99. The Bertz CT molecular complexity index is 576. The highest BCUT2D eigenvalue weighted by Crippen LogP contribution is 2.26. The molecule has 0 aliphatic carbocycles. The number of aromatic nitrogens is 2. The van der Waals surface area contributed by atoms with Gasteiger partial charge in [-0.3, -0.25) is 4.68 Å². The van der Waals surface area contributed by atoms with Crippen molar-refractivity contribution < 1.29 is 5.11 Å². The van der Waals surface area contributed by atoms with Crippen LogP contribution in [0.2, 0.25) is 5.02 Å². The Labute approximate surface area is 125 Å². The molecule has 1 unspecified atom stereocenters. The van der Waals surface area contributed by atoms with Crippen LogP contribution in [0.5, 0.6) is 0 Å². The number of hydrogen-bond donors (Lipinski definition) is 1. The van der Waals surface area contributed by atoms with Crippen LogP contribution in [-0.2, 0) is 26.3 Å². The van der Waals surface area contributed by atoms with Crippen molar-refractivity contribution in [2.45, 2.75) is 38.7 Å². The van der Waals surface area contributed by atoms with Crippen molar-refractivity contribution >= 4 is 11.6 Å². The Morgan fingerprint density at radius 1 is 1.25 bits per heavy atom. The molecule has 0 radical (unpaired) electrons. The third-order valence-corrected chi connectivity index (χ3v) is 3.92. The Balaban J connectivity index is 2.18. The topological polar surface area (TPSA) is 38.0 Å². The van der Waals surface area contributed by atoms with Gasteiger partial charge in [-0.15, -0.1) is 0 Å². The molecule has 1 aromatic heterocycles. The minimum atomic E-state index is -0.843. The van der Waals surface area contributed by atoms with Gasteiger partial charge in [-0.05, 0) is 18.9 Å². The van der Waals surface area contributed by atoms with E-state index in [0.717, 1.165) is 23.4 Å². The molecular weight excluding hydrogens is 272 g/mol. The summed E-state index contributed by atoms with van der Waals surface area (Å²) in [6.07, 6.45) is 1.88. The van der Waals surface area contributed by atoms with E-state index in [4.69, 9.17) is 11.6 Å². The second-order valence-corrected chi connectivity index (χ2v) is 5.90. The summed E-state index contributed by atoms with van der Waals surface area (Å²) in [4.78, 5) is 0. The van der Waals surface area contributed by atoms with Gasteiger partial charge in [0.25, 0.3) is 0 Å². The molecule has 0 bridgehead atoms. The fourth-order valence-electron chi connectivity index (χ4n) is 2.47. The maximum Gasteiger partial charge on any atom is 0.0850 e. The molecule has 3 nitrogen and oxygen atoms in total. The first kappa shape index (κ1) is 15.1. The van der Waals surface area contributed by atoms with E-state index >= 15 is 0 Å². The van der Waals surface area contributed by atoms with Gasteiger partial charge in [0, 0.05) is 19.9 Å². The number of rotatable bonds is 5. The van der Waals surface area contributed by atoms with Crippen molar-refractivity contribution in [2.75, 3.05) is 0 Å². The molecule has 0 aliphatic rings. The lowest BCUT2D eigenvalue weighted by molar-refractivity contribution is 0.0589. The SMILES string of the molecule is CCc1nn(C)c(CC(C)(O)Cc2ccccc2)c1Cl. The maximum atomic E-state index is 10.7. The van der Waals surface area contributed by atoms with Crippen LogP contribution in [0.15, 0.2) is 30.3 Å². The predicted molar refractivity (Wildman–Crippen MR) is 82.1 cm³/mol. The van der Waals surface area contributed by atoms with Gasteiger partial charge < -0.3 is 5.11 Å². The number of halogens is 1. The Morgan fingerprint density at radius 2 is 1.90 bits per heavy atom. The molecular formula is C16H21ClN2O. The second-order valence-electron chi connectivity index (χ2n) is 5.52. The Kier molecular flexibility index (Phi) is 4.51. The first-order valence-electron chi connectivity index (χ1n) is 6.89. The highest BCUT2D eigenvalue weighted by molar-refractivity contribution is 6.31. The fraction of sp³-hybridized carbons (Fsp3) is 0.438. The predicted octanol–water partition coefficient (Wildman–Crippen LogP) is 3.17. The lowest BCUT2D eigenvalue weighted by Gasteiger charge is -2.23. The third kappa shape index (κ3) is 3.41. The van der Waals surface area contributed by atoms with Gasteiger partial charge in [-0.1, -0.05) is 48.9 Å². The highest BCUT2D eigenvalue weighted by atomic mass is 35.5. The molecule has 20 heavy (non-hydrogen) atoms. The summed E-state index contributed by atoms with van der Waals surface area (Å²) in [6.45, 7) is 3.87. The van der Waals surface area contributed by atoms with Crippen molar-refractivity contribution in [2.24, 2.45) is 7.05 Å². The van der Waals surface area contributed by atoms with Crippen LogP contribution in [0.25, 0.3) is 0 Å². The summed E-state index contributed by atoms with van der Waals surface area (Å²) in [5, 5.41) is 15.7. The molecule has 1 aromatic carbocycles. The number of hydrogen-bond acceptors (Lipinski definition) is 2. The molecule has 0 aliphatic heterocycles. The molecule has 1 N–H and O–H groups in total. The van der Waals surface area contributed by atoms with Crippen molar-refractivity contribution in [1.82, 2.24) is 9.78 Å². The zero-order valence-corrected chi connectivity index (χ0v) is 13.0. The molecule has 0 spiro atoms. The monoisotopic (exact) mass is 292 g/mol. The average Bonchev–Trinajstić information content (AvgIpc) is 2.66. The van der Waals surface area contributed by atoms with Crippen LogP contribution in [0.4, 0.5) is 0 Å². The quantitative estimate of drug-likeness (QED) is 0.919. The summed E-state index contributed by atoms with van der Waals surface area (Å²) in [5.41, 5.74) is 2.06. The van der Waals surface area contributed by atoms with Gasteiger partial charge in [0.1, 0.15) is 0 Å². The van der Waals surface area contributed by atoms with E-state index in [9.17, 15) is 5.11 Å². The zero-order valence-electron chi connectivity index (χ0n) is 12.2. The summed E-state index contributed by atoms with van der Waals surface area (Å²) < 4.78 is 1.78. The first-order chi connectivity index (χ1) is 9.43. The van der Waals surface area contributed by atoms with Crippen molar-refractivity contribution in [3.63, 3.8) is 0 Å². The minimum absolute atomic E-state index is 0.490. The van der Waals surface area contributed by atoms with E-state index in [1.807, 2.05) is 51.2 Å². The molecule has 0 amide bonds. The van der Waals surface area contributed by atoms with Crippen LogP contribution in [0, 0.1) is 0 Å². The van der Waals surface area contributed by atoms with Gasteiger partial charge in [-0.2, -0.15) is 5.10 Å². The minimum Gasteiger partial charge on any atom is -0.389 e. The number of aryl methyl sites for hydroxylation is 2. The second kappa shape index (κ2) is 5.98. The van der Waals surface area contributed by atoms with Gasteiger partial charge in [0.05, 0.1) is 22.0 Å². The molecule has 0 saturated heterocycles. The zero-order chi connectivity index (χ0) is 14.8. The Hall–Kier alpha value is -1.32. The van der Waals surface area contributed by atoms with E-state index in [1.165, 1.54) is 0 Å². The van der Waals surface area contributed by atoms with E-state index in [0.29, 0.717) is 17.9 Å². The van der Waals surface area contributed by atoms with Gasteiger partial charge in [0.2, 0.25) is 0 Å². The fourth-order valence-corrected chi connectivity index (χ4v) is 2.83. The van der Waals surface area contributed by atoms with Crippen LogP contribution in [0.1, 0.15) is 30.8 Å². The molecule has 2 aromatic rings. The number of nitrogens with zero attached hydrogens (tertiary/aromatic N) is 2. The Morgan fingerprint density at radius 3 is 2.45 bits per heavy atom. The lowest BCUT2D eigenvalue weighted by Crippen LogP contribution is -2.31. The van der Waals surface area contributed by atoms with Crippen molar-refractivity contribution in [3.8, 4) is 0 Å². The summed E-state index contributed by atoms with van der Waals surface area (Å²) in [7, 11) is 1.87. The maximum absolute atomic E-state index is 10.7. The van der Waals surface area contributed by atoms with Crippen molar-refractivity contribution in [3.05, 3.63) is 52.3 Å². The van der Waals surface area contributed by atoms with Crippen LogP contribution in [-0.4, -0.2) is 20.5 Å². The van der Waals surface area contributed by atoms with Crippen LogP contribution < -0.4 is 0 Å². The van der Waals surface area contributed by atoms with Gasteiger partial charge >= 0.3 is 0 Å². The largest absolute Gasteiger partial charge is 0.389 e. The summed E-state index contributed by atoms with van der Waals surface area (Å²) >= 11 is 6.34. The molecule has 2 rings (SSSR count). The van der Waals surface area contributed by atoms with E-state index in [2.05, 4.69) is 5.10 Å². The molecule has 1 heterocycles. The third-order valence-electron chi connectivity index (χ3n) is 3.48. The smallest absolute Gasteiger partial charge is 0.0850 e.